The Hall–Kier alpha value is -0.860. The van der Waals surface area contributed by atoms with Gasteiger partial charge in [0.25, 0.3) is 5.91 Å². The van der Waals surface area contributed by atoms with Gasteiger partial charge < -0.3 is 10.2 Å². The van der Waals surface area contributed by atoms with E-state index in [0.29, 0.717) is 31.2 Å². The highest BCUT2D eigenvalue weighted by Gasteiger charge is 2.35. The molecule has 1 aliphatic heterocycles. The molecule has 0 saturated carbocycles. The lowest BCUT2D eigenvalue weighted by atomic mass is 10.1. The van der Waals surface area contributed by atoms with Crippen LogP contribution in [-0.2, 0) is 14.8 Å². The second-order valence-corrected chi connectivity index (χ2v) is 10.4. The fraction of sp³-hybridized carbons (Fsp3) is 0.588. The second-order valence-electron chi connectivity index (χ2n) is 7.60. The van der Waals surface area contributed by atoms with Crippen LogP contribution >= 0.6 is 23.2 Å². The molecule has 1 atom stereocenters. The van der Waals surface area contributed by atoms with E-state index in [9.17, 15) is 13.2 Å². The number of amides is 1. The second kappa shape index (κ2) is 8.02. The van der Waals surface area contributed by atoms with Gasteiger partial charge in [0, 0.05) is 5.54 Å². The third-order valence-corrected chi connectivity index (χ3v) is 7.03. The number of nitrogens with one attached hydrogen (secondary N) is 2. The minimum atomic E-state index is -3.62. The van der Waals surface area contributed by atoms with E-state index < -0.39 is 10.0 Å². The summed E-state index contributed by atoms with van der Waals surface area (Å²) in [5.41, 5.74) is -0.288. The maximum Gasteiger partial charge on any atom is 0.278 e. The lowest BCUT2D eigenvalue weighted by molar-refractivity contribution is -0.917. The highest BCUT2D eigenvalue weighted by Crippen LogP contribution is 2.26. The smallest absolute Gasteiger partial charge is 0.278 e. The molecule has 1 heterocycles. The van der Waals surface area contributed by atoms with Crippen molar-refractivity contribution in [1.82, 2.24) is 9.62 Å². The summed E-state index contributed by atoms with van der Waals surface area (Å²) in [7, 11) is -3.62. The van der Waals surface area contributed by atoms with Crippen LogP contribution in [0.25, 0.3) is 0 Å². The van der Waals surface area contributed by atoms with E-state index in [4.69, 9.17) is 23.2 Å². The van der Waals surface area contributed by atoms with Crippen LogP contribution < -0.4 is 10.2 Å². The van der Waals surface area contributed by atoms with Gasteiger partial charge in [-0.05, 0) is 45.9 Å². The van der Waals surface area contributed by atoms with Crippen molar-refractivity contribution in [2.45, 2.75) is 44.2 Å². The number of hydrogen-bond acceptors (Lipinski definition) is 3. The molecule has 0 spiro atoms. The molecule has 0 unspecified atom stereocenters. The van der Waals surface area contributed by atoms with Crippen molar-refractivity contribution in [3.63, 3.8) is 0 Å². The van der Waals surface area contributed by atoms with E-state index in [1.165, 1.54) is 22.5 Å². The fourth-order valence-electron chi connectivity index (χ4n) is 2.90. The summed E-state index contributed by atoms with van der Waals surface area (Å²) in [5, 5.41) is 3.51. The number of piperazine rings is 1. The van der Waals surface area contributed by atoms with E-state index in [1.807, 2.05) is 27.7 Å². The average molecular weight is 423 g/mol. The van der Waals surface area contributed by atoms with Gasteiger partial charge in [-0.2, -0.15) is 4.31 Å². The van der Waals surface area contributed by atoms with Crippen LogP contribution in [0.15, 0.2) is 23.1 Å². The number of sulfonamides is 1. The minimum absolute atomic E-state index is 0.0201. The predicted molar refractivity (Wildman–Crippen MR) is 103 cm³/mol. The first-order valence-corrected chi connectivity index (χ1v) is 10.7. The molecular weight excluding hydrogens is 397 g/mol. The summed E-state index contributed by atoms with van der Waals surface area (Å²) >= 11 is 11.8. The van der Waals surface area contributed by atoms with Crippen molar-refractivity contribution in [2.24, 2.45) is 0 Å². The van der Waals surface area contributed by atoms with Gasteiger partial charge in [-0.25, -0.2) is 8.42 Å². The summed E-state index contributed by atoms with van der Waals surface area (Å²) < 4.78 is 27.0. The molecule has 0 aromatic heterocycles. The summed E-state index contributed by atoms with van der Waals surface area (Å²) in [6, 6.07) is 4.08. The van der Waals surface area contributed by atoms with Gasteiger partial charge in [-0.15, -0.1) is 0 Å². The van der Waals surface area contributed by atoms with E-state index in [2.05, 4.69) is 5.32 Å². The molecule has 146 valence electrons. The van der Waals surface area contributed by atoms with Crippen LogP contribution in [0.2, 0.25) is 10.0 Å². The van der Waals surface area contributed by atoms with Crippen molar-refractivity contribution in [3.8, 4) is 0 Å². The Kier molecular flexibility index (Phi) is 6.62. The van der Waals surface area contributed by atoms with Crippen LogP contribution in [-0.4, -0.2) is 56.4 Å². The summed E-state index contributed by atoms with van der Waals surface area (Å²) in [6.45, 7) is 9.53. The first-order valence-electron chi connectivity index (χ1n) is 8.53. The maximum absolute atomic E-state index is 12.8. The largest absolute Gasteiger partial charge is 0.346 e. The van der Waals surface area contributed by atoms with Gasteiger partial charge in [0.05, 0.1) is 41.1 Å². The Morgan fingerprint density at radius 2 is 1.77 bits per heavy atom. The molecule has 9 heteroatoms. The molecule has 2 rings (SSSR count). The van der Waals surface area contributed by atoms with Crippen molar-refractivity contribution in [1.29, 1.82) is 0 Å². The molecule has 2 N–H and O–H groups in total. The van der Waals surface area contributed by atoms with Crippen LogP contribution in [0.5, 0.6) is 0 Å². The van der Waals surface area contributed by atoms with Gasteiger partial charge in [-0.3, -0.25) is 4.79 Å². The number of hydrogen-bond donors (Lipinski definition) is 2. The zero-order valence-corrected chi connectivity index (χ0v) is 17.8. The Labute approximate surface area is 165 Å². The van der Waals surface area contributed by atoms with Gasteiger partial charge in [0.1, 0.15) is 0 Å². The minimum Gasteiger partial charge on any atom is -0.346 e. The molecule has 1 fully saturated rings. The number of halogens is 2. The van der Waals surface area contributed by atoms with Crippen molar-refractivity contribution < 1.29 is 18.1 Å². The third-order valence-electron chi connectivity index (χ3n) is 4.40. The first kappa shape index (κ1) is 21.4. The van der Waals surface area contributed by atoms with Gasteiger partial charge in [-0.1, -0.05) is 23.2 Å². The molecule has 0 radical (unpaired) electrons. The monoisotopic (exact) mass is 422 g/mol. The molecule has 1 aromatic rings. The molecule has 26 heavy (non-hydrogen) atoms. The van der Waals surface area contributed by atoms with Crippen molar-refractivity contribution in [2.75, 3.05) is 26.2 Å². The quantitative estimate of drug-likeness (QED) is 0.765. The van der Waals surface area contributed by atoms with E-state index in [0.717, 1.165) is 4.90 Å². The average Bonchev–Trinajstić information content (AvgIpc) is 2.55. The standard InChI is InChI=1S/C17H25Cl2N3O3S/c1-12(16(23)20-17(2,3)4)21-7-9-22(10-8-21)26(24,25)13-5-6-14(18)15(19)11-13/h5-6,11-12H,7-10H2,1-4H3,(H,20,23)/p+1/t12-/m0/s1. The van der Waals surface area contributed by atoms with Crippen molar-refractivity contribution in [3.05, 3.63) is 28.2 Å². The highest BCUT2D eigenvalue weighted by atomic mass is 35.5. The Morgan fingerprint density at radius 3 is 2.27 bits per heavy atom. The zero-order chi connectivity index (χ0) is 19.7. The fourth-order valence-corrected chi connectivity index (χ4v) is 4.73. The lowest BCUT2D eigenvalue weighted by Gasteiger charge is -2.35. The molecule has 1 aliphatic rings. The molecule has 0 bridgehead atoms. The summed E-state index contributed by atoms with van der Waals surface area (Å²) in [4.78, 5) is 13.5. The van der Waals surface area contributed by atoms with Crippen LogP contribution in [0.4, 0.5) is 0 Å². The molecular formula is C17H26Cl2N3O3S+. The van der Waals surface area contributed by atoms with E-state index in [-0.39, 0.29) is 27.4 Å². The number of rotatable bonds is 4. The van der Waals surface area contributed by atoms with E-state index in [1.54, 1.807) is 0 Å². The van der Waals surface area contributed by atoms with Gasteiger partial charge in [0.2, 0.25) is 10.0 Å². The van der Waals surface area contributed by atoms with Crippen LogP contribution in [0.3, 0.4) is 0 Å². The number of benzene rings is 1. The maximum atomic E-state index is 12.8. The third kappa shape index (κ3) is 5.10. The van der Waals surface area contributed by atoms with E-state index >= 15 is 0 Å². The molecule has 6 nitrogen and oxygen atoms in total. The molecule has 1 aromatic carbocycles. The highest BCUT2D eigenvalue weighted by molar-refractivity contribution is 7.89. The Balaban J connectivity index is 2.03. The number of nitrogens with zero attached hydrogens (tertiary/aromatic N) is 1. The first-order chi connectivity index (χ1) is 11.9. The normalized spacial score (nSPS) is 18.5. The Morgan fingerprint density at radius 1 is 1.19 bits per heavy atom. The lowest BCUT2D eigenvalue weighted by Crippen LogP contribution is -3.19. The molecule has 1 saturated heterocycles. The summed E-state index contributed by atoms with van der Waals surface area (Å²) in [5.74, 6) is -0.0201. The topological polar surface area (TPSA) is 70.9 Å². The van der Waals surface area contributed by atoms with Gasteiger partial charge in [0.15, 0.2) is 6.04 Å². The molecule has 1 amide bonds. The number of quaternary nitrogens is 1. The summed E-state index contributed by atoms with van der Waals surface area (Å²) in [6.07, 6.45) is 0. The van der Waals surface area contributed by atoms with Crippen LogP contribution in [0, 0.1) is 0 Å². The van der Waals surface area contributed by atoms with Crippen molar-refractivity contribution >= 4 is 39.1 Å². The zero-order valence-electron chi connectivity index (χ0n) is 15.5. The number of carbonyl (C=O) groups excluding carboxylic acids is 1. The SMILES string of the molecule is C[C@@H](C(=O)NC(C)(C)C)[NH+]1CCN(S(=O)(=O)c2ccc(Cl)c(Cl)c2)CC1. The van der Waals surface area contributed by atoms with Gasteiger partial charge >= 0.3 is 0 Å². The molecule has 0 aliphatic carbocycles. The Bertz CT molecular complexity index is 770. The van der Waals surface area contributed by atoms with Crippen LogP contribution in [0.1, 0.15) is 27.7 Å². The number of carbonyl (C=O) groups is 1. The predicted octanol–water partition coefficient (Wildman–Crippen LogP) is 1.19.